The van der Waals surface area contributed by atoms with Crippen molar-refractivity contribution < 1.29 is 13.6 Å². The molecule has 0 saturated heterocycles. The maximum absolute atomic E-state index is 13.5. The topological polar surface area (TPSA) is 97.1 Å². The first kappa shape index (κ1) is 23.0. The quantitative estimate of drug-likeness (QED) is 0.320. The van der Waals surface area contributed by atoms with E-state index < -0.39 is 17.5 Å². The van der Waals surface area contributed by atoms with E-state index in [2.05, 4.69) is 37.6 Å². The molecule has 8 nitrogen and oxygen atoms in total. The monoisotopic (exact) mass is 485 g/mol. The third-order valence-electron chi connectivity index (χ3n) is 5.37. The van der Waals surface area contributed by atoms with Crippen LogP contribution in [0.4, 0.5) is 26.0 Å². The first-order valence-corrected chi connectivity index (χ1v) is 11.3. The van der Waals surface area contributed by atoms with Gasteiger partial charge in [0.15, 0.2) is 17.5 Å². The molecule has 2 aromatic carbocycles. The molecule has 0 unspecified atom stereocenters. The van der Waals surface area contributed by atoms with Crippen LogP contribution in [0.15, 0.2) is 73.1 Å². The van der Waals surface area contributed by atoms with Gasteiger partial charge in [-0.3, -0.25) is 9.78 Å². The molecule has 3 heterocycles. The minimum Gasteiger partial charge on any atom is -0.340 e. The van der Waals surface area contributed by atoms with Crippen molar-refractivity contribution in [3.05, 3.63) is 95.9 Å². The second-order valence-corrected chi connectivity index (χ2v) is 8.06. The molecular weight excluding hydrogens is 464 g/mol. The SMILES string of the molecule is CCCc1cc(Nc2cccc(C(=O)Nc3ccc(F)c(F)c3)c2)n2nc(-c3cccnc3)nc2n1. The summed E-state index contributed by atoms with van der Waals surface area (Å²) >= 11 is 0. The summed E-state index contributed by atoms with van der Waals surface area (Å²) < 4.78 is 28.3. The van der Waals surface area contributed by atoms with E-state index >= 15 is 0 Å². The molecule has 0 saturated carbocycles. The second-order valence-electron chi connectivity index (χ2n) is 8.06. The van der Waals surface area contributed by atoms with Crippen LogP contribution < -0.4 is 10.6 Å². The number of pyridine rings is 1. The van der Waals surface area contributed by atoms with E-state index in [1.54, 1.807) is 41.2 Å². The molecule has 0 fully saturated rings. The van der Waals surface area contributed by atoms with Crippen molar-refractivity contribution in [2.45, 2.75) is 19.8 Å². The van der Waals surface area contributed by atoms with Crippen molar-refractivity contribution in [2.75, 3.05) is 10.6 Å². The number of fused-ring (bicyclic) bond motifs is 1. The summed E-state index contributed by atoms with van der Waals surface area (Å²) in [5, 5.41) is 10.5. The fraction of sp³-hybridized carbons (Fsp3) is 0.115. The fourth-order valence-corrected chi connectivity index (χ4v) is 3.67. The van der Waals surface area contributed by atoms with E-state index in [0.717, 1.165) is 36.2 Å². The number of amides is 1. The van der Waals surface area contributed by atoms with Crippen LogP contribution in [0, 0.1) is 11.6 Å². The number of nitrogens with one attached hydrogen (secondary N) is 2. The molecule has 3 aromatic heterocycles. The van der Waals surface area contributed by atoms with Crippen LogP contribution in [0.2, 0.25) is 0 Å². The highest BCUT2D eigenvalue weighted by atomic mass is 19.2. The lowest BCUT2D eigenvalue weighted by atomic mass is 10.1. The van der Waals surface area contributed by atoms with Gasteiger partial charge < -0.3 is 10.6 Å². The van der Waals surface area contributed by atoms with Gasteiger partial charge in [-0.25, -0.2) is 13.8 Å². The van der Waals surface area contributed by atoms with E-state index in [4.69, 9.17) is 0 Å². The van der Waals surface area contributed by atoms with Gasteiger partial charge in [-0.2, -0.15) is 9.50 Å². The van der Waals surface area contributed by atoms with Crippen LogP contribution in [-0.4, -0.2) is 30.5 Å². The Labute approximate surface area is 205 Å². The Hall–Kier alpha value is -4.73. The van der Waals surface area contributed by atoms with E-state index in [0.29, 0.717) is 28.7 Å². The van der Waals surface area contributed by atoms with Gasteiger partial charge in [0, 0.05) is 52.7 Å². The Balaban J connectivity index is 1.45. The third kappa shape index (κ3) is 4.88. The summed E-state index contributed by atoms with van der Waals surface area (Å²) in [6.45, 7) is 2.07. The van der Waals surface area contributed by atoms with Crippen LogP contribution in [0.5, 0.6) is 0 Å². The van der Waals surface area contributed by atoms with Gasteiger partial charge in [-0.1, -0.05) is 19.4 Å². The van der Waals surface area contributed by atoms with Crippen molar-refractivity contribution in [1.82, 2.24) is 24.6 Å². The second kappa shape index (κ2) is 9.87. The molecule has 1 amide bonds. The van der Waals surface area contributed by atoms with Gasteiger partial charge in [0.2, 0.25) is 0 Å². The Morgan fingerprint density at radius 3 is 2.64 bits per heavy atom. The highest BCUT2D eigenvalue weighted by Crippen LogP contribution is 2.23. The van der Waals surface area contributed by atoms with E-state index in [-0.39, 0.29) is 5.69 Å². The van der Waals surface area contributed by atoms with Crippen molar-refractivity contribution in [2.24, 2.45) is 0 Å². The molecule has 0 atom stereocenters. The summed E-state index contributed by atoms with van der Waals surface area (Å²) in [4.78, 5) is 26.1. The summed E-state index contributed by atoms with van der Waals surface area (Å²) in [6.07, 6.45) is 5.03. The van der Waals surface area contributed by atoms with Gasteiger partial charge in [-0.05, 0) is 48.9 Å². The Kier molecular flexibility index (Phi) is 6.31. The number of carbonyl (C=O) groups excluding carboxylic acids is 1. The van der Waals surface area contributed by atoms with Gasteiger partial charge in [-0.15, -0.1) is 5.10 Å². The smallest absolute Gasteiger partial charge is 0.255 e. The normalized spacial score (nSPS) is 11.0. The summed E-state index contributed by atoms with van der Waals surface area (Å²) in [6, 6.07) is 15.6. The third-order valence-corrected chi connectivity index (χ3v) is 5.37. The number of hydrogen-bond donors (Lipinski definition) is 2. The molecule has 0 bridgehead atoms. The largest absolute Gasteiger partial charge is 0.340 e. The number of benzene rings is 2. The van der Waals surface area contributed by atoms with Crippen molar-refractivity contribution in [3.63, 3.8) is 0 Å². The maximum atomic E-state index is 13.5. The molecule has 2 N–H and O–H groups in total. The zero-order valence-electron chi connectivity index (χ0n) is 19.2. The number of anilines is 3. The van der Waals surface area contributed by atoms with E-state index in [9.17, 15) is 13.6 Å². The highest BCUT2D eigenvalue weighted by molar-refractivity contribution is 6.04. The molecule has 0 spiro atoms. The van der Waals surface area contributed by atoms with Gasteiger partial charge in [0.1, 0.15) is 5.82 Å². The standard InChI is InChI=1S/C26H21F2N7O/c1-2-5-18-14-23(35-26(32-18)33-24(34-35)17-7-4-11-29-15-17)30-19-8-3-6-16(12-19)25(36)31-20-9-10-21(27)22(28)13-20/h3-4,6-15,30H,2,5H2,1H3,(H,31,36). The van der Waals surface area contributed by atoms with Crippen molar-refractivity contribution in [1.29, 1.82) is 0 Å². The summed E-state index contributed by atoms with van der Waals surface area (Å²) in [7, 11) is 0. The predicted octanol–water partition coefficient (Wildman–Crippen LogP) is 5.41. The minimum atomic E-state index is -1.04. The van der Waals surface area contributed by atoms with E-state index in [1.165, 1.54) is 6.07 Å². The number of carbonyl (C=O) groups is 1. The van der Waals surface area contributed by atoms with Crippen LogP contribution in [0.3, 0.4) is 0 Å². The number of rotatable bonds is 7. The minimum absolute atomic E-state index is 0.155. The Morgan fingerprint density at radius 2 is 1.86 bits per heavy atom. The number of hydrogen-bond acceptors (Lipinski definition) is 6. The number of nitrogens with zero attached hydrogens (tertiary/aromatic N) is 5. The van der Waals surface area contributed by atoms with Gasteiger partial charge in [0.05, 0.1) is 0 Å². The molecule has 0 aliphatic heterocycles. The first-order valence-electron chi connectivity index (χ1n) is 11.3. The molecule has 36 heavy (non-hydrogen) atoms. The lowest BCUT2D eigenvalue weighted by Gasteiger charge is -2.11. The van der Waals surface area contributed by atoms with Crippen molar-refractivity contribution >= 4 is 28.9 Å². The fourth-order valence-electron chi connectivity index (χ4n) is 3.67. The molecule has 5 rings (SSSR count). The molecule has 10 heteroatoms. The predicted molar refractivity (Wildman–Crippen MR) is 132 cm³/mol. The average molecular weight is 485 g/mol. The first-order chi connectivity index (χ1) is 17.5. The van der Waals surface area contributed by atoms with Gasteiger partial charge in [0.25, 0.3) is 11.7 Å². The van der Waals surface area contributed by atoms with Crippen molar-refractivity contribution in [3.8, 4) is 11.4 Å². The molecular formula is C26H21F2N7O. The number of aryl methyl sites for hydroxylation is 1. The summed E-state index contributed by atoms with van der Waals surface area (Å²) in [5.74, 6) is -0.919. The van der Waals surface area contributed by atoms with Crippen LogP contribution in [-0.2, 0) is 6.42 Å². The van der Waals surface area contributed by atoms with Crippen LogP contribution in [0.25, 0.3) is 17.2 Å². The van der Waals surface area contributed by atoms with E-state index in [1.807, 2.05) is 18.2 Å². The average Bonchev–Trinajstić information content (AvgIpc) is 3.32. The zero-order valence-corrected chi connectivity index (χ0v) is 19.2. The van der Waals surface area contributed by atoms with Gasteiger partial charge >= 0.3 is 0 Å². The number of aromatic nitrogens is 5. The molecule has 180 valence electrons. The molecule has 5 aromatic rings. The Morgan fingerprint density at radius 1 is 0.972 bits per heavy atom. The lowest BCUT2D eigenvalue weighted by molar-refractivity contribution is 0.102. The van der Waals surface area contributed by atoms with Crippen LogP contribution in [0.1, 0.15) is 29.4 Å². The maximum Gasteiger partial charge on any atom is 0.255 e. The lowest BCUT2D eigenvalue weighted by Crippen LogP contribution is -2.12. The zero-order chi connectivity index (χ0) is 25.1. The number of halogens is 2. The van der Waals surface area contributed by atoms with Crippen LogP contribution >= 0.6 is 0 Å². The molecule has 0 aliphatic rings. The molecule has 0 radical (unpaired) electrons. The molecule has 0 aliphatic carbocycles. The Bertz CT molecular complexity index is 1550. The highest BCUT2D eigenvalue weighted by Gasteiger charge is 2.14. The summed E-state index contributed by atoms with van der Waals surface area (Å²) in [5.41, 5.74) is 2.73.